The Labute approximate surface area is 201 Å². The van der Waals surface area contributed by atoms with Crippen LogP contribution in [0.25, 0.3) is 11.1 Å². The van der Waals surface area contributed by atoms with Gasteiger partial charge in [-0.2, -0.15) is 0 Å². The molecule has 0 bridgehead atoms. The summed E-state index contributed by atoms with van der Waals surface area (Å²) in [4.78, 5) is 29.6. The second kappa shape index (κ2) is 9.11. The largest absolute Gasteiger partial charge is 0.421 e. The first-order valence-corrected chi connectivity index (χ1v) is 14.1. The minimum Gasteiger partial charge on any atom is -0.421 e. The van der Waals surface area contributed by atoms with E-state index in [-0.39, 0.29) is 21.4 Å². The monoisotopic (exact) mass is 502 g/mol. The van der Waals surface area contributed by atoms with E-state index in [1.54, 1.807) is 30.3 Å². The van der Waals surface area contributed by atoms with Crippen LogP contribution in [0, 0.1) is 0 Å². The second-order valence-corrected chi connectivity index (χ2v) is 13.8. The van der Waals surface area contributed by atoms with Crippen molar-refractivity contribution < 1.29 is 28.3 Å². The average molecular weight is 502 g/mol. The molecule has 0 saturated carbocycles. The molecule has 1 atom stereocenters. The Morgan fingerprint density at radius 2 is 1.29 bits per heavy atom. The maximum atomic E-state index is 13.2. The van der Waals surface area contributed by atoms with E-state index in [0.29, 0.717) is 16.9 Å². The van der Waals surface area contributed by atoms with Crippen molar-refractivity contribution in [3.05, 3.63) is 77.9 Å². The maximum absolute atomic E-state index is 13.2. The van der Waals surface area contributed by atoms with E-state index >= 15 is 0 Å². The summed E-state index contributed by atoms with van der Waals surface area (Å²) in [6.45, 7) is 12.4. The van der Waals surface area contributed by atoms with Crippen LogP contribution >= 0.6 is 15.2 Å². The number of rotatable bonds is 5. The lowest BCUT2D eigenvalue weighted by Crippen LogP contribution is -2.18. The zero-order chi connectivity index (χ0) is 25.5. The molecule has 3 rings (SSSR count). The van der Waals surface area contributed by atoms with Crippen molar-refractivity contribution in [3.8, 4) is 16.9 Å². The van der Waals surface area contributed by atoms with Crippen molar-refractivity contribution >= 4 is 25.8 Å². The van der Waals surface area contributed by atoms with E-state index in [4.69, 9.17) is 4.52 Å². The number of hydrogen-bond donors (Lipinski definition) is 3. The fourth-order valence-electron chi connectivity index (χ4n) is 3.56. The van der Waals surface area contributed by atoms with E-state index in [1.165, 1.54) is 24.3 Å². The average Bonchev–Trinajstić information content (AvgIpc) is 2.72. The molecule has 8 heteroatoms. The molecule has 0 radical (unpaired) electrons. The van der Waals surface area contributed by atoms with Gasteiger partial charge in [0.2, 0.25) is 0 Å². The summed E-state index contributed by atoms with van der Waals surface area (Å²) in [5.74, 6) is 0.366. The zero-order valence-corrected chi connectivity index (χ0v) is 22.1. The Kier molecular flexibility index (Phi) is 7.07. The third-order valence-electron chi connectivity index (χ3n) is 5.59. The van der Waals surface area contributed by atoms with Gasteiger partial charge < -0.3 is 19.2 Å². The Balaban J connectivity index is 1.94. The third-order valence-corrected chi connectivity index (χ3v) is 7.93. The van der Waals surface area contributed by atoms with Gasteiger partial charge >= 0.3 is 15.2 Å². The molecular weight excluding hydrogens is 470 g/mol. The number of hydrogen-bond acceptors (Lipinski definition) is 3. The highest BCUT2D eigenvalue weighted by Crippen LogP contribution is 2.46. The van der Waals surface area contributed by atoms with E-state index in [1.807, 2.05) is 32.9 Å². The van der Waals surface area contributed by atoms with Crippen molar-refractivity contribution in [1.82, 2.24) is 0 Å². The second-order valence-electron chi connectivity index (χ2n) is 10.5. The van der Waals surface area contributed by atoms with Crippen LogP contribution in [0.15, 0.2) is 66.7 Å². The first kappa shape index (κ1) is 26.4. The Morgan fingerprint density at radius 3 is 1.82 bits per heavy atom. The zero-order valence-electron chi connectivity index (χ0n) is 20.3. The molecule has 0 aliphatic rings. The van der Waals surface area contributed by atoms with Gasteiger partial charge in [-0.15, -0.1) is 0 Å². The van der Waals surface area contributed by atoms with Gasteiger partial charge in [0.05, 0.1) is 10.6 Å². The third kappa shape index (κ3) is 6.07. The van der Waals surface area contributed by atoms with Gasteiger partial charge in [-0.25, -0.2) is 4.57 Å². The van der Waals surface area contributed by atoms with E-state index in [2.05, 4.69) is 20.8 Å². The maximum Gasteiger partial charge on any atom is 0.408 e. The molecule has 3 N–H and O–H groups in total. The Bertz CT molecular complexity index is 1280. The molecule has 0 saturated heterocycles. The first-order valence-electron chi connectivity index (χ1n) is 10.9. The Hall–Kier alpha value is -2.20. The highest BCUT2D eigenvalue weighted by Gasteiger charge is 2.29. The first-order chi connectivity index (χ1) is 15.5. The quantitative estimate of drug-likeness (QED) is 0.390. The predicted octanol–water partition coefficient (Wildman–Crippen LogP) is 5.64. The van der Waals surface area contributed by atoms with Gasteiger partial charge in [0.25, 0.3) is 0 Å². The van der Waals surface area contributed by atoms with Crippen LogP contribution in [0.1, 0.15) is 52.7 Å². The van der Waals surface area contributed by atoms with Gasteiger partial charge in [0.1, 0.15) is 5.75 Å². The summed E-state index contributed by atoms with van der Waals surface area (Å²) in [5, 5.41) is 0.0424. The minimum absolute atomic E-state index is 0.0750. The van der Waals surface area contributed by atoms with Gasteiger partial charge in [-0.3, -0.25) is 4.57 Å². The van der Waals surface area contributed by atoms with E-state index in [0.717, 1.165) is 11.1 Å². The molecule has 3 aromatic carbocycles. The summed E-state index contributed by atoms with van der Waals surface area (Å²) >= 11 is 0. The smallest absolute Gasteiger partial charge is 0.408 e. The highest BCUT2D eigenvalue weighted by molar-refractivity contribution is 7.61. The molecule has 0 spiro atoms. The molecular formula is C26H32O6P2. The summed E-state index contributed by atoms with van der Waals surface area (Å²) in [7, 11) is -8.57. The van der Waals surface area contributed by atoms with Crippen LogP contribution < -0.4 is 15.1 Å². The van der Waals surface area contributed by atoms with Gasteiger partial charge in [-0.05, 0) is 57.9 Å². The molecule has 34 heavy (non-hydrogen) atoms. The molecule has 0 aliphatic heterocycles. The molecule has 1 unspecified atom stereocenters. The van der Waals surface area contributed by atoms with Crippen molar-refractivity contribution in [3.63, 3.8) is 0 Å². The minimum atomic E-state index is -4.38. The fraction of sp³-hybridized carbons (Fsp3) is 0.308. The lowest BCUT2D eigenvalue weighted by Gasteiger charge is -2.28. The summed E-state index contributed by atoms with van der Waals surface area (Å²) in [5.41, 5.74) is 2.83. The van der Waals surface area contributed by atoms with E-state index in [9.17, 15) is 23.8 Å². The van der Waals surface area contributed by atoms with Crippen LogP contribution in [0.5, 0.6) is 5.75 Å². The van der Waals surface area contributed by atoms with Crippen LogP contribution in [0.2, 0.25) is 0 Å². The molecule has 0 aromatic heterocycles. The predicted molar refractivity (Wildman–Crippen MR) is 137 cm³/mol. The van der Waals surface area contributed by atoms with Gasteiger partial charge in [-0.1, -0.05) is 77.9 Å². The summed E-state index contributed by atoms with van der Waals surface area (Å²) in [6, 6.07) is 18.0. The van der Waals surface area contributed by atoms with E-state index < -0.39 is 15.2 Å². The SMILES string of the molecule is CC(C)(C)c1ccc(OP(=O)(O)c2ccc(-c3cccc(P(=O)(O)O)c3)cc2)c(C(C)(C)C)c1. The Morgan fingerprint density at radius 1 is 0.676 bits per heavy atom. The van der Waals surface area contributed by atoms with Crippen LogP contribution in [0.3, 0.4) is 0 Å². The van der Waals surface area contributed by atoms with Crippen molar-refractivity contribution in [2.24, 2.45) is 0 Å². The topological polar surface area (TPSA) is 104 Å². The van der Waals surface area contributed by atoms with Crippen molar-refractivity contribution in [2.75, 3.05) is 0 Å². The molecule has 6 nitrogen and oxygen atoms in total. The normalized spacial score (nSPS) is 14.5. The van der Waals surface area contributed by atoms with Crippen LogP contribution in [0.4, 0.5) is 0 Å². The lowest BCUT2D eigenvalue weighted by atomic mass is 9.80. The van der Waals surface area contributed by atoms with Gasteiger partial charge in [0, 0.05) is 5.56 Å². The molecule has 0 heterocycles. The van der Waals surface area contributed by atoms with Gasteiger partial charge in [0.15, 0.2) is 0 Å². The molecule has 0 amide bonds. The standard InChI is InChI=1S/C26H32O6P2/c1-25(2,3)20-12-15-24(23(17-20)26(4,5)6)32-34(30,31)21-13-10-18(11-14-21)19-8-7-9-22(16-19)33(27,28)29/h7-17H,1-6H3,(H,30,31)(H2,27,28,29). The molecule has 182 valence electrons. The number of benzene rings is 3. The molecule has 0 aliphatic carbocycles. The lowest BCUT2D eigenvalue weighted by molar-refractivity contribution is 0.385. The summed E-state index contributed by atoms with van der Waals surface area (Å²) < 4.78 is 30.5. The van der Waals surface area contributed by atoms with Crippen molar-refractivity contribution in [1.29, 1.82) is 0 Å². The van der Waals surface area contributed by atoms with Crippen molar-refractivity contribution in [2.45, 2.75) is 52.4 Å². The molecule has 3 aromatic rings. The summed E-state index contributed by atoms with van der Waals surface area (Å²) in [6.07, 6.45) is 0. The molecule has 0 fully saturated rings. The van der Waals surface area contributed by atoms with Crippen LogP contribution in [-0.2, 0) is 20.0 Å². The highest BCUT2D eigenvalue weighted by atomic mass is 31.2. The van der Waals surface area contributed by atoms with Crippen LogP contribution in [-0.4, -0.2) is 14.7 Å². The fourth-order valence-corrected chi connectivity index (χ4v) is 5.20.